The summed E-state index contributed by atoms with van der Waals surface area (Å²) >= 11 is 18.0. The van der Waals surface area contributed by atoms with Gasteiger partial charge in [-0.05, 0) is 30.7 Å². The van der Waals surface area contributed by atoms with Gasteiger partial charge in [0.05, 0.1) is 27.6 Å². The molecular weight excluding hydrogens is 435 g/mol. The molecule has 6 nitrogen and oxygen atoms in total. The summed E-state index contributed by atoms with van der Waals surface area (Å²) in [5.74, 6) is -0.170. The Morgan fingerprint density at radius 2 is 1.83 bits per heavy atom. The van der Waals surface area contributed by atoms with Crippen molar-refractivity contribution in [1.82, 2.24) is 15.1 Å². The average molecular weight is 452 g/mol. The van der Waals surface area contributed by atoms with Crippen LogP contribution in [0.25, 0.3) is 5.69 Å². The van der Waals surface area contributed by atoms with Gasteiger partial charge in [-0.3, -0.25) is 9.59 Å². The monoisotopic (exact) mass is 450 g/mol. The molecule has 1 unspecified atom stereocenters. The van der Waals surface area contributed by atoms with Crippen LogP contribution < -0.4 is 16.2 Å². The quantitative estimate of drug-likeness (QED) is 0.585. The number of benzene rings is 2. The van der Waals surface area contributed by atoms with E-state index in [9.17, 15) is 9.59 Å². The van der Waals surface area contributed by atoms with Crippen LogP contribution in [0.5, 0.6) is 0 Å². The van der Waals surface area contributed by atoms with Crippen molar-refractivity contribution >= 4 is 46.4 Å². The number of hydrogen-bond donors (Lipinski definition) is 2. The number of nitrogens with one attached hydrogen (secondary N) is 2. The molecule has 9 heteroatoms. The Kier molecular flexibility index (Phi) is 6.79. The van der Waals surface area contributed by atoms with Crippen molar-refractivity contribution in [3.8, 4) is 5.69 Å². The Morgan fingerprint density at radius 3 is 2.52 bits per heavy atom. The zero-order chi connectivity index (χ0) is 21.0. The van der Waals surface area contributed by atoms with Crippen LogP contribution in [0.15, 0.2) is 59.5 Å². The lowest BCUT2D eigenvalue weighted by Crippen LogP contribution is -2.37. The first-order valence-electron chi connectivity index (χ1n) is 8.68. The van der Waals surface area contributed by atoms with Gasteiger partial charge in [-0.25, -0.2) is 0 Å². The lowest BCUT2D eigenvalue weighted by molar-refractivity contribution is -0.121. The number of carbonyl (C=O) groups excluding carboxylic acids is 1. The summed E-state index contributed by atoms with van der Waals surface area (Å²) < 4.78 is 1.10. The number of aromatic nitrogens is 2. The third kappa shape index (κ3) is 5.09. The number of carbonyl (C=O) groups is 1. The van der Waals surface area contributed by atoms with E-state index >= 15 is 0 Å². The van der Waals surface area contributed by atoms with Crippen molar-refractivity contribution in [3.05, 3.63) is 85.7 Å². The third-order valence-electron chi connectivity index (χ3n) is 4.15. The molecule has 0 spiro atoms. The Bertz CT molecular complexity index is 1090. The highest BCUT2D eigenvalue weighted by Crippen LogP contribution is 2.25. The van der Waals surface area contributed by atoms with E-state index in [1.165, 1.54) is 6.20 Å². The molecule has 1 aromatic heterocycles. The van der Waals surface area contributed by atoms with Gasteiger partial charge >= 0.3 is 0 Å². The summed E-state index contributed by atoms with van der Waals surface area (Å²) in [5.41, 5.74) is 1.43. The zero-order valence-corrected chi connectivity index (χ0v) is 17.6. The molecule has 3 aromatic rings. The molecule has 1 amide bonds. The second kappa shape index (κ2) is 9.31. The largest absolute Gasteiger partial charge is 0.373 e. The topological polar surface area (TPSA) is 76.0 Å². The molecular formula is C20H17Cl3N4O2. The van der Waals surface area contributed by atoms with E-state index in [1.807, 2.05) is 30.3 Å². The molecule has 29 heavy (non-hydrogen) atoms. The van der Waals surface area contributed by atoms with Crippen molar-refractivity contribution in [2.75, 3.05) is 5.32 Å². The molecule has 0 saturated carbocycles. The van der Waals surface area contributed by atoms with Crippen LogP contribution in [0.3, 0.4) is 0 Å². The summed E-state index contributed by atoms with van der Waals surface area (Å²) in [5, 5.41) is 10.2. The van der Waals surface area contributed by atoms with Gasteiger partial charge in [0, 0.05) is 6.54 Å². The maximum absolute atomic E-state index is 12.3. The lowest BCUT2D eigenvalue weighted by Gasteiger charge is -2.17. The molecule has 1 heterocycles. The third-order valence-corrected chi connectivity index (χ3v) is 5.21. The molecule has 2 N–H and O–H groups in total. The second-order valence-corrected chi connectivity index (χ2v) is 7.45. The predicted molar refractivity (Wildman–Crippen MR) is 116 cm³/mol. The first kappa shape index (κ1) is 21.2. The van der Waals surface area contributed by atoms with Gasteiger partial charge < -0.3 is 10.6 Å². The molecule has 0 aliphatic rings. The van der Waals surface area contributed by atoms with E-state index < -0.39 is 11.6 Å². The van der Waals surface area contributed by atoms with E-state index in [4.69, 9.17) is 34.8 Å². The van der Waals surface area contributed by atoms with Crippen molar-refractivity contribution in [2.24, 2.45) is 0 Å². The van der Waals surface area contributed by atoms with E-state index in [2.05, 4.69) is 15.7 Å². The fourth-order valence-corrected chi connectivity index (χ4v) is 3.07. The first-order valence-corrected chi connectivity index (χ1v) is 9.81. The second-order valence-electron chi connectivity index (χ2n) is 6.26. The van der Waals surface area contributed by atoms with E-state index in [1.54, 1.807) is 25.1 Å². The van der Waals surface area contributed by atoms with E-state index in [0.29, 0.717) is 22.9 Å². The van der Waals surface area contributed by atoms with Crippen molar-refractivity contribution < 1.29 is 4.79 Å². The van der Waals surface area contributed by atoms with Crippen LogP contribution in [0.2, 0.25) is 15.1 Å². The molecule has 0 bridgehead atoms. The van der Waals surface area contributed by atoms with Gasteiger partial charge in [-0.2, -0.15) is 9.78 Å². The van der Waals surface area contributed by atoms with Gasteiger partial charge in [0.15, 0.2) is 0 Å². The van der Waals surface area contributed by atoms with Gasteiger partial charge in [0.1, 0.15) is 11.1 Å². The summed E-state index contributed by atoms with van der Waals surface area (Å²) in [4.78, 5) is 24.5. The maximum atomic E-state index is 12.3. The SMILES string of the molecule is CC(Nc1ccc(-n2ncc(Cl)c(Cl)c2=O)cc1Cl)C(=O)NCc1ccccc1. The summed E-state index contributed by atoms with van der Waals surface area (Å²) in [6, 6.07) is 14.0. The molecule has 0 radical (unpaired) electrons. The number of anilines is 1. The van der Waals surface area contributed by atoms with Crippen LogP contribution in [0.4, 0.5) is 5.69 Å². The number of rotatable bonds is 6. The summed E-state index contributed by atoms with van der Waals surface area (Å²) in [7, 11) is 0. The normalized spacial score (nSPS) is 11.7. The molecule has 0 saturated heterocycles. The Hall–Kier alpha value is -2.54. The highest BCUT2D eigenvalue weighted by atomic mass is 35.5. The first-order chi connectivity index (χ1) is 13.9. The smallest absolute Gasteiger partial charge is 0.291 e. The van der Waals surface area contributed by atoms with E-state index in [-0.39, 0.29) is 16.0 Å². The van der Waals surface area contributed by atoms with Gasteiger partial charge in [0.2, 0.25) is 5.91 Å². The summed E-state index contributed by atoms with van der Waals surface area (Å²) in [6.07, 6.45) is 1.28. The molecule has 0 fully saturated rings. The average Bonchev–Trinajstić information content (AvgIpc) is 2.72. The molecule has 3 rings (SSSR count). The zero-order valence-electron chi connectivity index (χ0n) is 15.3. The molecule has 0 aliphatic heterocycles. The maximum Gasteiger partial charge on any atom is 0.291 e. The Labute approximate surface area is 182 Å². The number of halogens is 3. The number of amides is 1. The van der Waals surface area contributed by atoms with Crippen molar-refractivity contribution in [1.29, 1.82) is 0 Å². The molecule has 2 aromatic carbocycles. The molecule has 0 aliphatic carbocycles. The van der Waals surface area contributed by atoms with Crippen LogP contribution in [-0.2, 0) is 11.3 Å². The standard InChI is InChI=1S/C20H17Cl3N4O2/c1-12(19(28)24-10-13-5-3-2-4-6-13)26-17-8-7-14(9-15(17)21)27-20(29)18(23)16(22)11-25-27/h2-9,11-12,26H,10H2,1H3,(H,24,28). The number of hydrogen-bond acceptors (Lipinski definition) is 4. The minimum absolute atomic E-state index is 0.0765. The fourth-order valence-electron chi connectivity index (χ4n) is 2.59. The minimum Gasteiger partial charge on any atom is -0.373 e. The van der Waals surface area contributed by atoms with Crippen LogP contribution in [0.1, 0.15) is 12.5 Å². The Balaban J connectivity index is 1.69. The van der Waals surface area contributed by atoms with E-state index in [0.717, 1.165) is 10.2 Å². The van der Waals surface area contributed by atoms with Crippen molar-refractivity contribution in [3.63, 3.8) is 0 Å². The van der Waals surface area contributed by atoms with Crippen LogP contribution >= 0.6 is 34.8 Å². The van der Waals surface area contributed by atoms with Gasteiger partial charge in [0.25, 0.3) is 5.56 Å². The van der Waals surface area contributed by atoms with Crippen LogP contribution in [-0.4, -0.2) is 21.7 Å². The fraction of sp³-hybridized carbons (Fsp3) is 0.150. The van der Waals surface area contributed by atoms with Crippen LogP contribution in [0, 0.1) is 0 Å². The molecule has 150 valence electrons. The summed E-state index contributed by atoms with van der Waals surface area (Å²) in [6.45, 7) is 2.17. The van der Waals surface area contributed by atoms with Crippen molar-refractivity contribution in [2.45, 2.75) is 19.5 Å². The predicted octanol–water partition coefficient (Wildman–Crippen LogP) is 4.31. The van der Waals surface area contributed by atoms with Gasteiger partial charge in [-0.1, -0.05) is 65.1 Å². The van der Waals surface area contributed by atoms with Gasteiger partial charge in [-0.15, -0.1) is 0 Å². The highest BCUT2D eigenvalue weighted by Gasteiger charge is 2.15. The highest BCUT2D eigenvalue weighted by molar-refractivity contribution is 6.41. The molecule has 1 atom stereocenters. The lowest BCUT2D eigenvalue weighted by atomic mass is 10.2. The Morgan fingerprint density at radius 1 is 1.10 bits per heavy atom. The minimum atomic E-state index is -0.551. The number of nitrogens with zero attached hydrogens (tertiary/aromatic N) is 2.